The Labute approximate surface area is 275 Å². The summed E-state index contributed by atoms with van der Waals surface area (Å²) in [4.78, 5) is 44.1. The lowest BCUT2D eigenvalue weighted by Gasteiger charge is -2.56. The summed E-state index contributed by atoms with van der Waals surface area (Å²) < 4.78 is 5.46. The quantitative estimate of drug-likeness (QED) is 0.248. The SMILES string of the molecule is C#CCOc1ccc(CNCC2CN(C(C(=O)O)C(C)(C)C)CCN(C(C(=O)O)(C(C)(C)C)C(C)(C)C)CCN2CC(=O)O)cc1. The van der Waals surface area contributed by atoms with Gasteiger partial charge in [-0.3, -0.25) is 29.1 Å². The number of nitrogens with zero attached hydrogens (tertiary/aromatic N) is 3. The van der Waals surface area contributed by atoms with Gasteiger partial charge in [0.25, 0.3) is 0 Å². The average Bonchev–Trinajstić information content (AvgIpc) is 2.96. The smallest absolute Gasteiger partial charge is 0.325 e. The Morgan fingerprint density at radius 3 is 1.96 bits per heavy atom. The van der Waals surface area contributed by atoms with E-state index in [0.29, 0.717) is 45.0 Å². The highest BCUT2D eigenvalue weighted by molar-refractivity contribution is 5.81. The van der Waals surface area contributed by atoms with Crippen LogP contribution in [0.5, 0.6) is 5.75 Å². The summed E-state index contributed by atoms with van der Waals surface area (Å²) in [5, 5.41) is 34.8. The van der Waals surface area contributed by atoms with Crippen LogP contribution in [0.15, 0.2) is 24.3 Å². The number of hydrogen-bond acceptors (Lipinski definition) is 8. The Kier molecular flexibility index (Phi) is 13.2. The number of carboxylic acid groups (broad SMARTS) is 3. The molecule has 0 radical (unpaired) electrons. The van der Waals surface area contributed by atoms with Crippen molar-refractivity contribution in [1.82, 2.24) is 20.0 Å². The molecule has 1 heterocycles. The standard InChI is InChI=1S/C35H56N4O7/c1-11-20-46-27-14-12-25(13-15-27)21-36-22-26-23-38(29(30(42)43)32(2,3)4)17-19-39(18-16-37(26)24-28(40)41)35(31(44)45,33(5,6)7)34(8,9)10/h1,12-15,26,29,36H,16-24H2,2-10H3,(H,40,41)(H,42,43)(H,44,45). The third kappa shape index (κ3) is 9.44. The highest BCUT2D eigenvalue weighted by Gasteiger charge is 2.60. The van der Waals surface area contributed by atoms with Gasteiger partial charge in [-0.2, -0.15) is 0 Å². The zero-order valence-corrected chi connectivity index (χ0v) is 29.2. The van der Waals surface area contributed by atoms with E-state index in [1.54, 1.807) is 0 Å². The lowest BCUT2D eigenvalue weighted by molar-refractivity contribution is -0.176. The molecule has 0 aliphatic carbocycles. The lowest BCUT2D eigenvalue weighted by Crippen LogP contribution is -2.70. The minimum Gasteiger partial charge on any atom is -0.481 e. The first-order valence-electron chi connectivity index (χ1n) is 15.9. The van der Waals surface area contributed by atoms with Crippen molar-refractivity contribution in [2.75, 3.05) is 52.4 Å². The predicted molar refractivity (Wildman–Crippen MR) is 179 cm³/mol. The summed E-state index contributed by atoms with van der Waals surface area (Å²) in [5.74, 6) is 0.163. The Bertz CT molecular complexity index is 1210. The number of terminal acetylenes is 1. The molecule has 1 aliphatic heterocycles. The summed E-state index contributed by atoms with van der Waals surface area (Å²) in [6.45, 7) is 19.4. The van der Waals surface area contributed by atoms with E-state index >= 15 is 0 Å². The van der Waals surface area contributed by atoms with E-state index in [2.05, 4.69) is 11.2 Å². The monoisotopic (exact) mass is 644 g/mol. The Balaban J connectivity index is 2.56. The number of benzene rings is 1. The van der Waals surface area contributed by atoms with Crippen LogP contribution in [0.4, 0.5) is 0 Å². The molecule has 0 bridgehead atoms. The van der Waals surface area contributed by atoms with E-state index < -0.39 is 45.7 Å². The minimum absolute atomic E-state index is 0.178. The van der Waals surface area contributed by atoms with Crippen LogP contribution in [0.25, 0.3) is 0 Å². The summed E-state index contributed by atoms with van der Waals surface area (Å²) in [5.41, 5.74) is -2.43. The van der Waals surface area contributed by atoms with E-state index in [1.165, 1.54) is 0 Å². The third-order valence-electron chi connectivity index (χ3n) is 8.94. The normalized spacial score (nSPS) is 18.9. The highest BCUT2D eigenvalue weighted by atomic mass is 16.5. The van der Waals surface area contributed by atoms with Gasteiger partial charge < -0.3 is 25.4 Å². The minimum atomic E-state index is -1.34. The first-order valence-corrected chi connectivity index (χ1v) is 15.9. The molecule has 11 nitrogen and oxygen atoms in total. The number of rotatable bonds is 12. The molecule has 0 amide bonds. The molecule has 0 saturated carbocycles. The lowest BCUT2D eigenvalue weighted by atomic mass is 9.59. The molecule has 0 aromatic heterocycles. The van der Waals surface area contributed by atoms with E-state index in [4.69, 9.17) is 11.2 Å². The summed E-state index contributed by atoms with van der Waals surface area (Å²) in [6.07, 6.45) is 5.27. The molecule has 4 N–H and O–H groups in total. The van der Waals surface area contributed by atoms with E-state index in [1.807, 2.05) is 101 Å². The first kappa shape index (κ1) is 39.0. The van der Waals surface area contributed by atoms with Gasteiger partial charge in [-0.1, -0.05) is 80.4 Å². The van der Waals surface area contributed by atoms with Crippen molar-refractivity contribution in [3.8, 4) is 18.1 Å². The van der Waals surface area contributed by atoms with Crippen LogP contribution in [0, 0.1) is 28.6 Å². The zero-order valence-electron chi connectivity index (χ0n) is 29.2. The summed E-state index contributed by atoms with van der Waals surface area (Å²) in [6, 6.07) is 6.25. The summed E-state index contributed by atoms with van der Waals surface area (Å²) >= 11 is 0. The Hall–Kier alpha value is -3.17. The number of ether oxygens (including phenoxy) is 1. The first-order chi connectivity index (χ1) is 21.2. The largest absolute Gasteiger partial charge is 0.481 e. The second-order valence-electron chi connectivity index (χ2n) is 15.4. The van der Waals surface area contributed by atoms with Crippen LogP contribution >= 0.6 is 0 Å². The molecule has 1 aromatic rings. The van der Waals surface area contributed by atoms with Crippen molar-refractivity contribution in [1.29, 1.82) is 0 Å². The van der Waals surface area contributed by atoms with Crippen LogP contribution < -0.4 is 10.1 Å². The second-order valence-corrected chi connectivity index (χ2v) is 15.4. The maximum absolute atomic E-state index is 13.4. The number of nitrogens with one attached hydrogen (secondary N) is 1. The van der Waals surface area contributed by atoms with E-state index in [0.717, 1.165) is 5.56 Å². The van der Waals surface area contributed by atoms with E-state index in [-0.39, 0.29) is 25.7 Å². The van der Waals surface area contributed by atoms with Crippen molar-refractivity contribution in [2.24, 2.45) is 16.2 Å². The number of aliphatic carboxylic acids is 3. The van der Waals surface area contributed by atoms with Crippen LogP contribution in [0.2, 0.25) is 0 Å². The molecule has 11 heteroatoms. The third-order valence-corrected chi connectivity index (χ3v) is 8.94. The fraction of sp³-hybridized carbons (Fsp3) is 0.686. The van der Waals surface area contributed by atoms with Crippen molar-refractivity contribution in [3.63, 3.8) is 0 Å². The fourth-order valence-electron chi connectivity index (χ4n) is 7.55. The molecule has 46 heavy (non-hydrogen) atoms. The molecule has 258 valence electrons. The second kappa shape index (κ2) is 15.6. The molecule has 1 fully saturated rings. The van der Waals surface area contributed by atoms with Crippen LogP contribution in [-0.4, -0.2) is 118 Å². The predicted octanol–water partition coefficient (Wildman–Crippen LogP) is 3.58. The van der Waals surface area contributed by atoms with Gasteiger partial charge in [-0.05, 0) is 33.9 Å². The molecule has 1 aromatic carbocycles. The van der Waals surface area contributed by atoms with Crippen LogP contribution in [0.1, 0.15) is 67.9 Å². The maximum Gasteiger partial charge on any atom is 0.325 e. The molecule has 2 rings (SSSR count). The molecule has 1 saturated heterocycles. The molecular weight excluding hydrogens is 588 g/mol. The van der Waals surface area contributed by atoms with Crippen LogP contribution in [-0.2, 0) is 20.9 Å². The number of hydrogen-bond donors (Lipinski definition) is 4. The highest BCUT2D eigenvalue weighted by Crippen LogP contribution is 2.48. The van der Waals surface area contributed by atoms with Gasteiger partial charge in [0.15, 0.2) is 0 Å². The topological polar surface area (TPSA) is 143 Å². The van der Waals surface area contributed by atoms with Gasteiger partial charge >= 0.3 is 17.9 Å². The molecule has 2 atom stereocenters. The van der Waals surface area contributed by atoms with Gasteiger partial charge in [-0.25, -0.2) is 0 Å². The fourth-order valence-corrected chi connectivity index (χ4v) is 7.55. The van der Waals surface area contributed by atoms with Crippen molar-refractivity contribution in [2.45, 2.75) is 86.5 Å². The van der Waals surface area contributed by atoms with Gasteiger partial charge in [0.05, 0.1) is 6.54 Å². The van der Waals surface area contributed by atoms with Gasteiger partial charge in [0.2, 0.25) is 0 Å². The number of carboxylic acids is 3. The molecule has 0 spiro atoms. The molecular formula is C35H56N4O7. The Morgan fingerprint density at radius 1 is 0.935 bits per heavy atom. The zero-order chi connectivity index (χ0) is 35.1. The maximum atomic E-state index is 13.4. The number of carbonyl (C=O) groups is 3. The van der Waals surface area contributed by atoms with Gasteiger partial charge in [0, 0.05) is 51.9 Å². The van der Waals surface area contributed by atoms with Crippen molar-refractivity contribution >= 4 is 17.9 Å². The molecule has 1 aliphatic rings. The van der Waals surface area contributed by atoms with Crippen molar-refractivity contribution in [3.05, 3.63) is 29.8 Å². The van der Waals surface area contributed by atoms with E-state index in [9.17, 15) is 29.7 Å². The van der Waals surface area contributed by atoms with Gasteiger partial charge in [0.1, 0.15) is 23.9 Å². The van der Waals surface area contributed by atoms with Gasteiger partial charge in [-0.15, -0.1) is 6.42 Å². The van der Waals surface area contributed by atoms with Crippen LogP contribution in [0.3, 0.4) is 0 Å². The Morgan fingerprint density at radius 2 is 1.50 bits per heavy atom. The van der Waals surface area contributed by atoms with Crippen molar-refractivity contribution < 1.29 is 34.4 Å². The summed E-state index contributed by atoms with van der Waals surface area (Å²) in [7, 11) is 0. The average molecular weight is 645 g/mol. The molecule has 2 unspecified atom stereocenters.